The van der Waals surface area contributed by atoms with Gasteiger partial charge in [0.2, 0.25) is 0 Å². The third-order valence-corrected chi connectivity index (χ3v) is 3.82. The quantitative estimate of drug-likeness (QED) is 0.659. The van der Waals surface area contributed by atoms with E-state index in [0.29, 0.717) is 5.82 Å². The van der Waals surface area contributed by atoms with E-state index in [1.54, 1.807) is 12.4 Å². The Morgan fingerprint density at radius 1 is 0.957 bits per heavy atom. The largest absolute Gasteiger partial charge is 0.263 e. The molecule has 0 aromatic carbocycles. The fourth-order valence-electron chi connectivity index (χ4n) is 2.14. The molecule has 116 valence electrons. The van der Waals surface area contributed by atoms with E-state index >= 15 is 0 Å². The number of nitrogens with zero attached hydrogens (tertiary/aromatic N) is 4. The van der Waals surface area contributed by atoms with E-state index in [4.69, 9.17) is 9.97 Å². The maximum absolute atomic E-state index is 4.72. The summed E-state index contributed by atoms with van der Waals surface area (Å²) in [5, 5.41) is 0. The smallest absolute Gasteiger partial charge is 0.178 e. The second-order valence-electron chi connectivity index (χ2n) is 6.32. The van der Waals surface area contributed by atoms with Gasteiger partial charge in [0.25, 0.3) is 0 Å². The number of hydrogen-bond acceptors (Lipinski definition) is 4. The Hall–Kier alpha value is -2.14. The summed E-state index contributed by atoms with van der Waals surface area (Å²) < 4.78 is 0.922. The number of pyridine rings is 2. The summed E-state index contributed by atoms with van der Waals surface area (Å²) in [6, 6.07) is 9.77. The molecule has 3 rings (SSSR count). The van der Waals surface area contributed by atoms with Crippen molar-refractivity contribution in [1.29, 1.82) is 0 Å². The standard InChI is InChI=1S/C18H17BrN4/c1-18(2,3)16-9-15(12-8-13(19)11-20-10-12)22-17(23-16)14-6-4-5-7-21-14/h4-11H,1-3H3. The fourth-order valence-corrected chi connectivity index (χ4v) is 2.51. The van der Waals surface area contributed by atoms with E-state index in [1.165, 1.54) is 0 Å². The Balaban J connectivity index is 2.20. The predicted octanol–water partition coefficient (Wildman–Crippen LogP) is 4.66. The van der Waals surface area contributed by atoms with Crippen LogP contribution in [-0.4, -0.2) is 19.9 Å². The van der Waals surface area contributed by atoms with Crippen molar-refractivity contribution in [2.75, 3.05) is 0 Å². The van der Waals surface area contributed by atoms with Crippen molar-refractivity contribution in [1.82, 2.24) is 19.9 Å². The summed E-state index contributed by atoms with van der Waals surface area (Å²) in [6.45, 7) is 6.42. The molecule has 5 heteroatoms. The summed E-state index contributed by atoms with van der Waals surface area (Å²) in [7, 11) is 0. The molecule has 0 unspecified atom stereocenters. The van der Waals surface area contributed by atoms with Gasteiger partial charge in [-0.15, -0.1) is 0 Å². The van der Waals surface area contributed by atoms with Crippen molar-refractivity contribution < 1.29 is 0 Å². The molecular formula is C18H17BrN4. The molecule has 0 aliphatic rings. The molecule has 0 spiro atoms. The van der Waals surface area contributed by atoms with Crippen LogP contribution in [0.4, 0.5) is 0 Å². The molecule has 23 heavy (non-hydrogen) atoms. The molecule has 0 saturated carbocycles. The predicted molar refractivity (Wildman–Crippen MR) is 94.9 cm³/mol. The molecule has 0 aliphatic heterocycles. The van der Waals surface area contributed by atoms with E-state index in [9.17, 15) is 0 Å². The zero-order chi connectivity index (χ0) is 16.4. The molecule has 0 saturated heterocycles. The Morgan fingerprint density at radius 2 is 1.78 bits per heavy atom. The molecule has 0 N–H and O–H groups in total. The van der Waals surface area contributed by atoms with Crippen LogP contribution in [0.3, 0.4) is 0 Å². The Kier molecular flexibility index (Phi) is 4.22. The topological polar surface area (TPSA) is 51.6 Å². The van der Waals surface area contributed by atoms with Gasteiger partial charge in [-0.3, -0.25) is 9.97 Å². The van der Waals surface area contributed by atoms with Crippen LogP contribution in [0.25, 0.3) is 22.8 Å². The summed E-state index contributed by atoms with van der Waals surface area (Å²) in [6.07, 6.45) is 5.32. The second kappa shape index (κ2) is 6.16. The van der Waals surface area contributed by atoms with Crippen LogP contribution in [0.5, 0.6) is 0 Å². The van der Waals surface area contributed by atoms with Gasteiger partial charge in [-0.25, -0.2) is 9.97 Å². The highest BCUT2D eigenvalue weighted by Gasteiger charge is 2.19. The average Bonchev–Trinajstić information content (AvgIpc) is 2.54. The van der Waals surface area contributed by atoms with Gasteiger partial charge >= 0.3 is 0 Å². The van der Waals surface area contributed by atoms with Crippen molar-refractivity contribution in [3.05, 3.63) is 59.1 Å². The molecule has 0 fully saturated rings. The summed E-state index contributed by atoms with van der Waals surface area (Å²) in [5.74, 6) is 0.632. The Bertz CT molecular complexity index is 826. The minimum absolute atomic E-state index is 0.0827. The first-order chi connectivity index (χ1) is 10.9. The van der Waals surface area contributed by atoms with E-state index in [2.05, 4.69) is 46.7 Å². The zero-order valence-electron chi connectivity index (χ0n) is 13.3. The monoisotopic (exact) mass is 368 g/mol. The minimum Gasteiger partial charge on any atom is -0.263 e. The molecular weight excluding hydrogens is 352 g/mol. The SMILES string of the molecule is CC(C)(C)c1cc(-c2cncc(Br)c2)nc(-c2ccccn2)n1. The van der Waals surface area contributed by atoms with Gasteiger partial charge in [0, 0.05) is 34.0 Å². The van der Waals surface area contributed by atoms with Gasteiger partial charge in [0.15, 0.2) is 5.82 Å². The maximum atomic E-state index is 4.72. The summed E-state index contributed by atoms with van der Waals surface area (Å²) >= 11 is 3.46. The average molecular weight is 369 g/mol. The molecule has 3 aromatic heterocycles. The van der Waals surface area contributed by atoms with Crippen molar-refractivity contribution in [2.45, 2.75) is 26.2 Å². The van der Waals surface area contributed by atoms with Crippen LogP contribution in [0, 0.1) is 0 Å². The van der Waals surface area contributed by atoms with Crippen LogP contribution in [0.1, 0.15) is 26.5 Å². The third kappa shape index (κ3) is 3.62. The lowest BCUT2D eigenvalue weighted by Gasteiger charge is -2.19. The van der Waals surface area contributed by atoms with Gasteiger partial charge < -0.3 is 0 Å². The Labute approximate surface area is 144 Å². The van der Waals surface area contributed by atoms with Gasteiger partial charge in [0.1, 0.15) is 5.69 Å². The summed E-state index contributed by atoms with van der Waals surface area (Å²) in [5.41, 5.74) is 3.45. The molecule has 4 nitrogen and oxygen atoms in total. The van der Waals surface area contributed by atoms with Crippen molar-refractivity contribution in [3.63, 3.8) is 0 Å². The van der Waals surface area contributed by atoms with Crippen LogP contribution in [0.15, 0.2) is 53.4 Å². The van der Waals surface area contributed by atoms with Gasteiger partial charge in [-0.05, 0) is 40.2 Å². The molecule has 0 aliphatic carbocycles. The van der Waals surface area contributed by atoms with E-state index in [1.807, 2.05) is 36.5 Å². The first-order valence-corrected chi connectivity index (χ1v) is 8.15. The highest BCUT2D eigenvalue weighted by Crippen LogP contribution is 2.28. The number of halogens is 1. The van der Waals surface area contributed by atoms with Crippen LogP contribution in [-0.2, 0) is 5.41 Å². The normalized spacial score (nSPS) is 11.5. The first-order valence-electron chi connectivity index (χ1n) is 7.35. The molecule has 0 bridgehead atoms. The van der Waals surface area contributed by atoms with Crippen molar-refractivity contribution in [3.8, 4) is 22.8 Å². The Morgan fingerprint density at radius 3 is 2.43 bits per heavy atom. The molecule has 3 heterocycles. The highest BCUT2D eigenvalue weighted by molar-refractivity contribution is 9.10. The molecule has 0 atom stereocenters. The van der Waals surface area contributed by atoms with Crippen LogP contribution in [0.2, 0.25) is 0 Å². The molecule has 0 radical (unpaired) electrons. The van der Waals surface area contributed by atoms with E-state index < -0.39 is 0 Å². The van der Waals surface area contributed by atoms with E-state index in [-0.39, 0.29) is 5.41 Å². The van der Waals surface area contributed by atoms with Gasteiger partial charge in [0.05, 0.1) is 11.4 Å². The lowest BCUT2D eigenvalue weighted by Crippen LogP contribution is -2.15. The number of hydrogen-bond donors (Lipinski definition) is 0. The lowest BCUT2D eigenvalue weighted by molar-refractivity contribution is 0.568. The number of rotatable bonds is 2. The number of aromatic nitrogens is 4. The van der Waals surface area contributed by atoms with Gasteiger partial charge in [-0.1, -0.05) is 26.8 Å². The third-order valence-electron chi connectivity index (χ3n) is 3.39. The first kappa shape index (κ1) is 15.7. The summed E-state index contributed by atoms with van der Waals surface area (Å²) in [4.78, 5) is 18.0. The second-order valence-corrected chi connectivity index (χ2v) is 7.23. The van der Waals surface area contributed by atoms with Crippen molar-refractivity contribution in [2.24, 2.45) is 0 Å². The molecule has 3 aromatic rings. The maximum Gasteiger partial charge on any atom is 0.178 e. The van der Waals surface area contributed by atoms with Gasteiger partial charge in [-0.2, -0.15) is 0 Å². The van der Waals surface area contributed by atoms with E-state index in [0.717, 1.165) is 27.1 Å². The van der Waals surface area contributed by atoms with Crippen LogP contribution < -0.4 is 0 Å². The minimum atomic E-state index is -0.0827. The fraction of sp³-hybridized carbons (Fsp3) is 0.222. The molecule has 0 amide bonds. The van der Waals surface area contributed by atoms with Crippen LogP contribution >= 0.6 is 15.9 Å². The van der Waals surface area contributed by atoms with Crippen molar-refractivity contribution >= 4 is 15.9 Å². The highest BCUT2D eigenvalue weighted by atomic mass is 79.9. The zero-order valence-corrected chi connectivity index (χ0v) is 14.9. The lowest BCUT2D eigenvalue weighted by atomic mass is 9.91.